The minimum Gasteiger partial charge on any atom is -0.394 e. The summed E-state index contributed by atoms with van der Waals surface area (Å²) >= 11 is 9.66. The lowest BCUT2D eigenvalue weighted by atomic mass is 9.94. The van der Waals surface area contributed by atoms with Crippen molar-refractivity contribution in [2.75, 3.05) is 12.4 Å². The van der Waals surface area contributed by atoms with Crippen LogP contribution < -0.4 is 5.32 Å². The standard InChI is InChI=1S/C13H23NO2S2/c1-9(16)14-12(8-15)10-4-5-11(7-10)13(18)3-2-6-17/h10-12,15,17H,2-8H2,1H3,(H,14,16)/t10-,11?,12?/m0/s1. The first-order valence-corrected chi connectivity index (χ1v) is 7.64. The molecule has 5 heteroatoms. The van der Waals surface area contributed by atoms with Crippen molar-refractivity contribution in [3.63, 3.8) is 0 Å². The molecule has 3 nitrogen and oxygen atoms in total. The summed E-state index contributed by atoms with van der Waals surface area (Å²) in [4.78, 5) is 12.2. The van der Waals surface area contributed by atoms with Gasteiger partial charge < -0.3 is 10.4 Å². The van der Waals surface area contributed by atoms with E-state index in [-0.39, 0.29) is 18.6 Å². The Balaban J connectivity index is 2.43. The first-order valence-electron chi connectivity index (χ1n) is 6.60. The number of aliphatic hydroxyl groups excluding tert-OH is 1. The zero-order valence-electron chi connectivity index (χ0n) is 10.9. The summed E-state index contributed by atoms with van der Waals surface area (Å²) in [7, 11) is 0. The average Bonchev–Trinajstić information content (AvgIpc) is 2.82. The number of thiocarbonyl (C=S) groups is 1. The van der Waals surface area contributed by atoms with Crippen LogP contribution in [0.4, 0.5) is 0 Å². The fraction of sp³-hybridized carbons (Fsp3) is 0.846. The summed E-state index contributed by atoms with van der Waals surface area (Å²) in [6.45, 7) is 1.51. The van der Waals surface area contributed by atoms with Crippen molar-refractivity contribution in [2.24, 2.45) is 11.8 Å². The highest BCUT2D eigenvalue weighted by Crippen LogP contribution is 2.35. The van der Waals surface area contributed by atoms with E-state index in [9.17, 15) is 9.90 Å². The van der Waals surface area contributed by atoms with E-state index in [2.05, 4.69) is 17.9 Å². The summed E-state index contributed by atoms with van der Waals surface area (Å²) in [5.41, 5.74) is 0. The van der Waals surface area contributed by atoms with Crippen molar-refractivity contribution < 1.29 is 9.90 Å². The Morgan fingerprint density at radius 2 is 2.28 bits per heavy atom. The molecule has 1 amide bonds. The lowest BCUT2D eigenvalue weighted by molar-refractivity contribution is -0.120. The van der Waals surface area contributed by atoms with Crippen molar-refractivity contribution in [3.8, 4) is 0 Å². The summed E-state index contributed by atoms with van der Waals surface area (Å²) in [5.74, 6) is 1.64. The highest BCUT2D eigenvalue weighted by molar-refractivity contribution is 7.80. The van der Waals surface area contributed by atoms with Gasteiger partial charge in [-0.1, -0.05) is 12.2 Å². The van der Waals surface area contributed by atoms with E-state index in [1.807, 2.05) is 0 Å². The SMILES string of the molecule is CC(=O)NC(CO)[C@H]1CCC(C(=S)CCCS)C1. The molecule has 1 aliphatic rings. The smallest absolute Gasteiger partial charge is 0.217 e. The molecular weight excluding hydrogens is 266 g/mol. The van der Waals surface area contributed by atoms with Crippen LogP contribution in [0, 0.1) is 11.8 Å². The third-order valence-electron chi connectivity index (χ3n) is 3.66. The lowest BCUT2D eigenvalue weighted by Crippen LogP contribution is -2.41. The fourth-order valence-electron chi connectivity index (χ4n) is 2.71. The minimum atomic E-state index is -0.111. The van der Waals surface area contributed by atoms with Gasteiger partial charge in [-0.15, -0.1) is 0 Å². The average molecular weight is 289 g/mol. The number of thiol groups is 1. The van der Waals surface area contributed by atoms with Gasteiger partial charge in [0.15, 0.2) is 0 Å². The number of hydrogen-bond donors (Lipinski definition) is 3. The second kappa shape index (κ2) is 8.12. The Morgan fingerprint density at radius 3 is 2.83 bits per heavy atom. The van der Waals surface area contributed by atoms with Crippen LogP contribution in [0.25, 0.3) is 0 Å². The molecule has 0 bridgehead atoms. The zero-order valence-corrected chi connectivity index (χ0v) is 12.6. The van der Waals surface area contributed by atoms with E-state index in [0.717, 1.165) is 42.7 Å². The zero-order chi connectivity index (χ0) is 13.5. The second-order valence-electron chi connectivity index (χ2n) is 5.05. The first-order chi connectivity index (χ1) is 8.58. The third-order valence-corrected chi connectivity index (χ3v) is 4.52. The number of rotatable bonds is 7. The minimum absolute atomic E-state index is 0.0143. The third kappa shape index (κ3) is 4.86. The summed E-state index contributed by atoms with van der Waals surface area (Å²) < 4.78 is 0. The molecule has 2 unspecified atom stereocenters. The Kier molecular flexibility index (Phi) is 7.19. The number of amides is 1. The Bertz CT molecular complexity index is 297. The molecule has 1 saturated carbocycles. The van der Waals surface area contributed by atoms with Crippen LogP contribution in [0.3, 0.4) is 0 Å². The van der Waals surface area contributed by atoms with Crippen molar-refractivity contribution in [2.45, 2.75) is 45.1 Å². The number of nitrogens with one attached hydrogen (secondary N) is 1. The van der Waals surface area contributed by atoms with Gasteiger partial charge in [0.25, 0.3) is 0 Å². The predicted octanol–water partition coefficient (Wildman–Crippen LogP) is 1.98. The molecule has 0 aromatic carbocycles. The summed E-state index contributed by atoms with van der Waals surface area (Å²) in [5, 5.41) is 12.2. The summed E-state index contributed by atoms with van der Waals surface area (Å²) in [6, 6.07) is -0.111. The van der Waals surface area contributed by atoms with Gasteiger partial charge in [-0.05, 0) is 54.6 Å². The molecular formula is C13H23NO2S2. The molecule has 0 heterocycles. The van der Waals surface area contributed by atoms with Crippen molar-refractivity contribution in [1.29, 1.82) is 0 Å². The molecule has 1 aliphatic carbocycles. The van der Waals surface area contributed by atoms with Gasteiger partial charge in [-0.3, -0.25) is 4.79 Å². The molecule has 0 spiro atoms. The largest absolute Gasteiger partial charge is 0.394 e. The maximum Gasteiger partial charge on any atom is 0.217 e. The van der Waals surface area contributed by atoms with Crippen molar-refractivity contribution in [3.05, 3.63) is 0 Å². The van der Waals surface area contributed by atoms with E-state index in [1.54, 1.807) is 0 Å². The number of carbonyl (C=O) groups is 1. The molecule has 2 N–H and O–H groups in total. The summed E-state index contributed by atoms with van der Waals surface area (Å²) in [6.07, 6.45) is 5.14. The van der Waals surface area contributed by atoms with Gasteiger partial charge in [-0.2, -0.15) is 12.6 Å². The van der Waals surface area contributed by atoms with Gasteiger partial charge in [0.05, 0.1) is 12.6 Å². The van der Waals surface area contributed by atoms with Crippen molar-refractivity contribution >= 4 is 35.6 Å². The highest BCUT2D eigenvalue weighted by Gasteiger charge is 2.32. The number of carbonyl (C=O) groups excluding carboxylic acids is 1. The molecule has 1 rings (SSSR count). The lowest BCUT2D eigenvalue weighted by Gasteiger charge is -2.22. The van der Waals surface area contributed by atoms with Gasteiger partial charge >= 0.3 is 0 Å². The highest BCUT2D eigenvalue weighted by atomic mass is 32.1. The number of aliphatic hydroxyl groups is 1. The van der Waals surface area contributed by atoms with E-state index in [0.29, 0.717) is 11.8 Å². The fourth-order valence-corrected chi connectivity index (χ4v) is 3.22. The molecule has 0 radical (unpaired) electrons. The Hall–Kier alpha value is -0.130. The van der Waals surface area contributed by atoms with Gasteiger partial charge in [-0.25, -0.2) is 0 Å². The van der Waals surface area contributed by atoms with E-state index < -0.39 is 0 Å². The van der Waals surface area contributed by atoms with E-state index in [1.165, 1.54) is 6.92 Å². The van der Waals surface area contributed by atoms with Crippen LogP contribution in [0.15, 0.2) is 0 Å². The van der Waals surface area contributed by atoms with E-state index >= 15 is 0 Å². The van der Waals surface area contributed by atoms with Crippen molar-refractivity contribution in [1.82, 2.24) is 5.32 Å². The van der Waals surface area contributed by atoms with E-state index in [4.69, 9.17) is 12.2 Å². The molecule has 0 saturated heterocycles. The van der Waals surface area contributed by atoms with Crippen LogP contribution in [-0.4, -0.2) is 34.3 Å². The van der Waals surface area contributed by atoms with Crippen LogP contribution in [0.2, 0.25) is 0 Å². The molecule has 104 valence electrons. The van der Waals surface area contributed by atoms with Gasteiger partial charge in [0, 0.05) is 6.92 Å². The molecule has 0 aromatic rings. The maximum atomic E-state index is 11.1. The molecule has 1 fully saturated rings. The van der Waals surface area contributed by atoms with Gasteiger partial charge in [0.2, 0.25) is 5.91 Å². The topological polar surface area (TPSA) is 49.3 Å². The van der Waals surface area contributed by atoms with Crippen LogP contribution in [-0.2, 0) is 4.79 Å². The Labute approximate surface area is 120 Å². The molecule has 0 aromatic heterocycles. The van der Waals surface area contributed by atoms with Crippen LogP contribution in [0.5, 0.6) is 0 Å². The van der Waals surface area contributed by atoms with Crippen LogP contribution in [0.1, 0.15) is 39.0 Å². The predicted molar refractivity (Wildman–Crippen MR) is 81.2 cm³/mol. The molecule has 0 aliphatic heterocycles. The van der Waals surface area contributed by atoms with Crippen LogP contribution >= 0.6 is 24.8 Å². The second-order valence-corrected chi connectivity index (χ2v) is 6.02. The first kappa shape index (κ1) is 15.9. The van der Waals surface area contributed by atoms with Gasteiger partial charge in [0.1, 0.15) is 0 Å². The number of hydrogen-bond acceptors (Lipinski definition) is 4. The molecule has 18 heavy (non-hydrogen) atoms. The normalized spacial score (nSPS) is 24.8. The monoisotopic (exact) mass is 289 g/mol. The quantitative estimate of drug-likeness (QED) is 0.496. The maximum absolute atomic E-state index is 11.1. The molecule has 3 atom stereocenters. The Morgan fingerprint density at radius 1 is 1.56 bits per heavy atom.